The Morgan fingerprint density at radius 2 is 1.36 bits per heavy atom. The Labute approximate surface area is 249 Å². The molecular formula is C35H40N6O. The summed E-state index contributed by atoms with van der Waals surface area (Å²) in [6.45, 7) is 1.88. The number of hydrogen-bond donors (Lipinski definition) is 2. The van der Waals surface area contributed by atoms with Gasteiger partial charge in [-0.2, -0.15) is 0 Å². The van der Waals surface area contributed by atoms with Gasteiger partial charge in [-0.25, -0.2) is 0 Å². The van der Waals surface area contributed by atoms with Crippen molar-refractivity contribution in [2.45, 2.75) is 50.6 Å². The van der Waals surface area contributed by atoms with E-state index in [1.165, 1.54) is 17.5 Å². The minimum atomic E-state index is 0.114. The Balaban J connectivity index is 0.000000169. The lowest BCUT2D eigenvalue weighted by Gasteiger charge is -2.22. The van der Waals surface area contributed by atoms with Crippen LogP contribution in [0.15, 0.2) is 114 Å². The average molecular weight is 561 g/mol. The van der Waals surface area contributed by atoms with Crippen LogP contribution >= 0.6 is 0 Å². The van der Waals surface area contributed by atoms with Crippen LogP contribution in [0.4, 0.5) is 0 Å². The van der Waals surface area contributed by atoms with Crippen molar-refractivity contribution in [3.63, 3.8) is 0 Å². The minimum Gasteiger partial charge on any atom is -0.496 e. The SMILES string of the molecule is COc1ccccc1C(Cc1ccccn1)NC1=NCCC1.c1ccc([C@H](Cc2ccncc2)NC2=NCCC2)cc1. The first-order chi connectivity index (χ1) is 20.8. The molecule has 7 nitrogen and oxygen atoms in total. The molecule has 0 fully saturated rings. The molecule has 216 valence electrons. The molecule has 2 atom stereocenters. The number of ether oxygens (including phenoxy) is 1. The molecular weight excluding hydrogens is 520 g/mol. The van der Waals surface area contributed by atoms with Gasteiger partial charge in [0.15, 0.2) is 0 Å². The highest BCUT2D eigenvalue weighted by molar-refractivity contribution is 5.84. The van der Waals surface area contributed by atoms with E-state index in [-0.39, 0.29) is 12.1 Å². The number of methoxy groups -OCH3 is 1. The van der Waals surface area contributed by atoms with Gasteiger partial charge in [0, 0.05) is 62.2 Å². The predicted molar refractivity (Wildman–Crippen MR) is 170 cm³/mol. The Hall–Kier alpha value is -4.52. The van der Waals surface area contributed by atoms with E-state index in [2.05, 4.69) is 85.2 Å². The van der Waals surface area contributed by atoms with E-state index in [1.807, 2.05) is 48.9 Å². The Bertz CT molecular complexity index is 1430. The van der Waals surface area contributed by atoms with E-state index in [9.17, 15) is 0 Å². The van der Waals surface area contributed by atoms with Crippen molar-refractivity contribution < 1.29 is 4.74 Å². The molecule has 0 saturated carbocycles. The molecule has 0 spiro atoms. The number of nitrogens with zero attached hydrogens (tertiary/aromatic N) is 4. The Morgan fingerprint density at radius 3 is 2.00 bits per heavy atom. The van der Waals surface area contributed by atoms with Crippen LogP contribution in [-0.4, -0.2) is 41.8 Å². The van der Waals surface area contributed by atoms with Crippen LogP contribution in [0.3, 0.4) is 0 Å². The molecule has 1 unspecified atom stereocenters. The van der Waals surface area contributed by atoms with E-state index in [1.54, 1.807) is 7.11 Å². The number of amidine groups is 2. The fourth-order valence-corrected chi connectivity index (χ4v) is 5.33. The summed E-state index contributed by atoms with van der Waals surface area (Å²) in [6, 6.07) is 29.3. The fourth-order valence-electron chi connectivity index (χ4n) is 5.33. The summed E-state index contributed by atoms with van der Waals surface area (Å²) in [5.74, 6) is 3.13. The summed E-state index contributed by atoms with van der Waals surface area (Å²) in [5, 5.41) is 7.20. The second-order valence-electron chi connectivity index (χ2n) is 10.5. The number of rotatable bonds is 9. The van der Waals surface area contributed by atoms with Crippen molar-refractivity contribution in [3.05, 3.63) is 126 Å². The molecule has 0 amide bonds. The predicted octanol–water partition coefficient (Wildman–Crippen LogP) is 6.30. The monoisotopic (exact) mass is 560 g/mol. The number of aromatic nitrogens is 2. The van der Waals surface area contributed by atoms with Crippen LogP contribution in [0.25, 0.3) is 0 Å². The van der Waals surface area contributed by atoms with Crippen molar-refractivity contribution in [1.29, 1.82) is 0 Å². The van der Waals surface area contributed by atoms with Crippen LogP contribution in [0.2, 0.25) is 0 Å². The van der Waals surface area contributed by atoms with Crippen molar-refractivity contribution in [2.24, 2.45) is 9.98 Å². The number of pyridine rings is 2. The summed E-state index contributed by atoms with van der Waals surface area (Å²) >= 11 is 0. The molecule has 2 aromatic carbocycles. The lowest BCUT2D eigenvalue weighted by Crippen LogP contribution is -2.29. The topological polar surface area (TPSA) is 83.8 Å². The zero-order valence-electron chi connectivity index (χ0n) is 24.3. The van der Waals surface area contributed by atoms with Crippen LogP contribution in [-0.2, 0) is 12.8 Å². The van der Waals surface area contributed by atoms with Gasteiger partial charge in [-0.15, -0.1) is 0 Å². The zero-order valence-corrected chi connectivity index (χ0v) is 24.3. The number of benzene rings is 2. The van der Waals surface area contributed by atoms with Crippen LogP contribution < -0.4 is 15.4 Å². The van der Waals surface area contributed by atoms with E-state index in [0.29, 0.717) is 0 Å². The zero-order chi connectivity index (χ0) is 28.8. The number of hydrogen-bond acceptors (Lipinski definition) is 7. The van der Waals surface area contributed by atoms with Crippen molar-refractivity contribution in [3.8, 4) is 5.75 Å². The van der Waals surface area contributed by atoms with Gasteiger partial charge in [0.05, 0.1) is 30.9 Å². The Morgan fingerprint density at radius 1 is 0.690 bits per heavy atom. The third-order valence-electron chi connectivity index (χ3n) is 7.48. The molecule has 7 heteroatoms. The maximum atomic E-state index is 5.53. The number of para-hydroxylation sites is 1. The molecule has 2 aliphatic rings. The molecule has 2 N–H and O–H groups in total. The van der Waals surface area contributed by atoms with Crippen LogP contribution in [0.1, 0.15) is 60.2 Å². The first kappa shape index (κ1) is 29.0. The minimum absolute atomic E-state index is 0.114. The van der Waals surface area contributed by atoms with Crippen molar-refractivity contribution >= 4 is 11.7 Å². The lowest BCUT2D eigenvalue weighted by molar-refractivity contribution is 0.403. The second kappa shape index (κ2) is 15.5. The van der Waals surface area contributed by atoms with E-state index in [4.69, 9.17) is 4.74 Å². The number of aliphatic imine (C=N–C) groups is 2. The molecule has 0 bridgehead atoms. The van der Waals surface area contributed by atoms with Crippen LogP contribution in [0, 0.1) is 0 Å². The average Bonchev–Trinajstić information content (AvgIpc) is 3.77. The fraction of sp³-hybridized carbons (Fsp3) is 0.314. The lowest BCUT2D eigenvalue weighted by atomic mass is 9.99. The molecule has 2 aromatic heterocycles. The molecule has 42 heavy (non-hydrogen) atoms. The van der Waals surface area contributed by atoms with Gasteiger partial charge in [-0.1, -0.05) is 54.6 Å². The number of nitrogens with one attached hydrogen (secondary N) is 2. The van der Waals surface area contributed by atoms with Crippen LogP contribution in [0.5, 0.6) is 5.75 Å². The van der Waals surface area contributed by atoms with E-state index in [0.717, 1.165) is 73.9 Å². The normalized spacial score (nSPS) is 15.5. The van der Waals surface area contributed by atoms with Gasteiger partial charge < -0.3 is 15.4 Å². The second-order valence-corrected chi connectivity index (χ2v) is 10.5. The van der Waals surface area contributed by atoms with Gasteiger partial charge in [0.2, 0.25) is 0 Å². The maximum absolute atomic E-state index is 5.53. The van der Waals surface area contributed by atoms with E-state index >= 15 is 0 Å². The van der Waals surface area contributed by atoms with Gasteiger partial charge in [0.1, 0.15) is 5.75 Å². The molecule has 2 aliphatic heterocycles. The smallest absolute Gasteiger partial charge is 0.124 e. The van der Waals surface area contributed by atoms with Crippen molar-refractivity contribution in [2.75, 3.05) is 20.2 Å². The molecule has 0 aliphatic carbocycles. The van der Waals surface area contributed by atoms with E-state index < -0.39 is 0 Å². The third kappa shape index (κ3) is 8.49. The summed E-state index contributed by atoms with van der Waals surface area (Å²) in [6.07, 6.45) is 11.7. The van der Waals surface area contributed by atoms with Gasteiger partial charge in [-0.3, -0.25) is 20.0 Å². The van der Waals surface area contributed by atoms with Gasteiger partial charge in [0.25, 0.3) is 0 Å². The third-order valence-corrected chi connectivity index (χ3v) is 7.48. The summed E-state index contributed by atoms with van der Waals surface area (Å²) in [7, 11) is 1.71. The maximum Gasteiger partial charge on any atom is 0.124 e. The molecule has 6 rings (SSSR count). The molecule has 4 heterocycles. The quantitative estimate of drug-likeness (QED) is 0.251. The summed E-state index contributed by atoms with van der Waals surface area (Å²) in [5.41, 5.74) is 4.80. The van der Waals surface area contributed by atoms with Crippen molar-refractivity contribution in [1.82, 2.24) is 20.6 Å². The standard InChI is InChI=1S/C18H21N3O.C17H19N3/c1-22-17-9-3-2-8-15(17)16(21-18-10-6-12-20-18)13-14-7-4-5-11-19-14;1-2-5-15(6-3-1)16(20-17-7-4-10-19-17)13-14-8-11-18-12-9-14/h2-5,7-9,11,16H,6,10,12-13H2,1H3,(H,20,21);1-3,5-6,8-9,11-12,16H,4,7,10,13H2,(H,19,20)/t;16-/m.0/s1. The first-order valence-corrected chi connectivity index (χ1v) is 14.8. The summed E-state index contributed by atoms with van der Waals surface area (Å²) < 4.78 is 5.53. The molecule has 0 saturated heterocycles. The largest absolute Gasteiger partial charge is 0.496 e. The molecule has 0 radical (unpaired) electrons. The van der Waals surface area contributed by atoms with Gasteiger partial charge in [-0.05, 0) is 60.7 Å². The Kier molecular flexibility index (Phi) is 10.7. The summed E-state index contributed by atoms with van der Waals surface area (Å²) in [4.78, 5) is 17.6. The first-order valence-electron chi connectivity index (χ1n) is 14.8. The highest BCUT2D eigenvalue weighted by Gasteiger charge is 2.20. The highest BCUT2D eigenvalue weighted by Crippen LogP contribution is 2.28. The molecule has 4 aromatic rings. The van der Waals surface area contributed by atoms with Gasteiger partial charge >= 0.3 is 0 Å². The highest BCUT2D eigenvalue weighted by atomic mass is 16.5.